The SMILES string of the molecule is N#Cc1c(F)ccc(F)c1O. The molecule has 1 N–H and O–H groups in total. The van der Waals surface area contributed by atoms with Gasteiger partial charge in [0.05, 0.1) is 0 Å². The van der Waals surface area contributed by atoms with Gasteiger partial charge in [-0.1, -0.05) is 0 Å². The van der Waals surface area contributed by atoms with E-state index in [1.165, 1.54) is 6.07 Å². The molecule has 0 saturated carbocycles. The van der Waals surface area contributed by atoms with Crippen molar-refractivity contribution in [2.24, 2.45) is 0 Å². The molecule has 0 fully saturated rings. The average Bonchev–Trinajstić information content (AvgIpc) is 1.99. The van der Waals surface area contributed by atoms with Crippen molar-refractivity contribution in [3.05, 3.63) is 29.3 Å². The van der Waals surface area contributed by atoms with E-state index >= 15 is 0 Å². The number of hydrogen-bond donors (Lipinski definition) is 1. The van der Waals surface area contributed by atoms with Crippen molar-refractivity contribution < 1.29 is 13.9 Å². The largest absolute Gasteiger partial charge is 0.504 e. The number of rotatable bonds is 0. The number of benzene rings is 1. The van der Waals surface area contributed by atoms with E-state index in [1.807, 2.05) is 0 Å². The van der Waals surface area contributed by atoms with Crippen LogP contribution in [0.25, 0.3) is 0 Å². The summed E-state index contributed by atoms with van der Waals surface area (Å²) >= 11 is 0. The number of halogens is 2. The molecule has 11 heavy (non-hydrogen) atoms. The van der Waals surface area contributed by atoms with Crippen molar-refractivity contribution in [2.75, 3.05) is 0 Å². The van der Waals surface area contributed by atoms with Crippen molar-refractivity contribution >= 4 is 0 Å². The number of aromatic hydroxyl groups is 1. The lowest BCUT2D eigenvalue weighted by atomic mass is 10.2. The Kier molecular flexibility index (Phi) is 1.73. The van der Waals surface area contributed by atoms with Crippen molar-refractivity contribution in [3.63, 3.8) is 0 Å². The Morgan fingerprint density at radius 3 is 2.27 bits per heavy atom. The molecule has 4 heteroatoms. The van der Waals surface area contributed by atoms with Gasteiger partial charge in [-0.25, -0.2) is 8.78 Å². The molecule has 0 amide bonds. The number of hydrogen-bond acceptors (Lipinski definition) is 2. The maximum absolute atomic E-state index is 12.5. The van der Waals surface area contributed by atoms with Gasteiger partial charge in [-0.15, -0.1) is 0 Å². The van der Waals surface area contributed by atoms with Crippen LogP contribution >= 0.6 is 0 Å². The first kappa shape index (κ1) is 7.48. The number of nitrogens with zero attached hydrogens (tertiary/aromatic N) is 1. The van der Waals surface area contributed by atoms with Crippen LogP contribution in [0.2, 0.25) is 0 Å². The van der Waals surface area contributed by atoms with Crippen LogP contribution in [0.15, 0.2) is 12.1 Å². The highest BCUT2D eigenvalue weighted by Gasteiger charge is 2.11. The van der Waals surface area contributed by atoms with E-state index in [2.05, 4.69) is 0 Å². The molecule has 0 saturated heterocycles. The second-order valence-corrected chi connectivity index (χ2v) is 1.86. The topological polar surface area (TPSA) is 44.0 Å². The minimum Gasteiger partial charge on any atom is -0.504 e. The molecule has 0 heterocycles. The fraction of sp³-hybridized carbons (Fsp3) is 0. The molecular formula is C7H3F2NO. The molecule has 0 radical (unpaired) electrons. The predicted octanol–water partition coefficient (Wildman–Crippen LogP) is 1.54. The molecule has 1 rings (SSSR count). The van der Waals surface area contributed by atoms with Gasteiger partial charge in [0.25, 0.3) is 0 Å². The molecule has 0 aliphatic carbocycles. The summed E-state index contributed by atoms with van der Waals surface area (Å²) in [5.41, 5.74) is -0.662. The number of phenols is 1. The Morgan fingerprint density at radius 1 is 1.27 bits per heavy atom. The molecule has 0 aliphatic rings. The van der Waals surface area contributed by atoms with Crippen LogP contribution < -0.4 is 0 Å². The van der Waals surface area contributed by atoms with Crippen molar-refractivity contribution in [3.8, 4) is 11.8 Å². The third kappa shape index (κ3) is 1.13. The lowest BCUT2D eigenvalue weighted by molar-refractivity contribution is 0.424. The first-order valence-corrected chi connectivity index (χ1v) is 2.74. The molecule has 0 unspecified atom stereocenters. The first-order chi connectivity index (χ1) is 5.16. The molecule has 1 aromatic rings. The van der Waals surface area contributed by atoms with Gasteiger partial charge in [0.1, 0.15) is 17.4 Å². The Morgan fingerprint density at radius 2 is 1.82 bits per heavy atom. The number of phenolic OH excluding ortho intramolecular Hbond substituents is 1. The minimum absolute atomic E-state index is 0.662. The van der Waals surface area contributed by atoms with Crippen LogP contribution in [0, 0.1) is 23.0 Å². The maximum atomic E-state index is 12.5. The van der Waals surface area contributed by atoms with Gasteiger partial charge in [-0.05, 0) is 12.1 Å². The molecule has 2 nitrogen and oxygen atoms in total. The third-order valence-electron chi connectivity index (χ3n) is 1.19. The van der Waals surface area contributed by atoms with Crippen LogP contribution in [0.3, 0.4) is 0 Å². The zero-order valence-electron chi connectivity index (χ0n) is 5.31. The van der Waals surface area contributed by atoms with Gasteiger partial charge in [0.2, 0.25) is 0 Å². The predicted molar refractivity (Wildman–Crippen MR) is 32.7 cm³/mol. The number of nitriles is 1. The van der Waals surface area contributed by atoms with E-state index in [0.717, 1.165) is 12.1 Å². The Hall–Kier alpha value is -1.63. The molecule has 0 aliphatic heterocycles. The van der Waals surface area contributed by atoms with Crippen molar-refractivity contribution in [1.29, 1.82) is 5.26 Å². The standard InChI is InChI=1S/C7H3F2NO/c8-5-1-2-6(9)7(11)4(5)3-10/h1-2,11H. The Labute approximate surface area is 61.3 Å². The van der Waals surface area contributed by atoms with E-state index in [1.54, 1.807) is 0 Å². The van der Waals surface area contributed by atoms with Crippen molar-refractivity contribution in [1.82, 2.24) is 0 Å². The third-order valence-corrected chi connectivity index (χ3v) is 1.19. The van der Waals surface area contributed by atoms with E-state index in [-0.39, 0.29) is 0 Å². The second-order valence-electron chi connectivity index (χ2n) is 1.86. The summed E-state index contributed by atoms with van der Waals surface area (Å²) in [5, 5.41) is 16.9. The smallest absolute Gasteiger partial charge is 0.172 e. The molecule has 0 aromatic heterocycles. The van der Waals surface area contributed by atoms with Gasteiger partial charge >= 0.3 is 0 Å². The molecule has 1 aromatic carbocycles. The molecular weight excluding hydrogens is 152 g/mol. The summed E-state index contributed by atoms with van der Waals surface area (Å²) in [7, 11) is 0. The Bertz CT molecular complexity index is 330. The zero-order chi connectivity index (χ0) is 8.43. The molecule has 0 atom stereocenters. The quantitative estimate of drug-likeness (QED) is 0.617. The van der Waals surface area contributed by atoms with Gasteiger partial charge < -0.3 is 5.11 Å². The highest BCUT2D eigenvalue weighted by molar-refractivity contribution is 5.43. The maximum Gasteiger partial charge on any atom is 0.172 e. The van der Waals surface area contributed by atoms with Gasteiger partial charge in [-0.3, -0.25) is 0 Å². The van der Waals surface area contributed by atoms with Crippen LogP contribution in [-0.4, -0.2) is 5.11 Å². The monoisotopic (exact) mass is 155 g/mol. The first-order valence-electron chi connectivity index (χ1n) is 2.74. The van der Waals surface area contributed by atoms with E-state index < -0.39 is 22.9 Å². The molecule has 0 bridgehead atoms. The van der Waals surface area contributed by atoms with Crippen LogP contribution in [0.1, 0.15) is 5.56 Å². The fourth-order valence-electron chi connectivity index (χ4n) is 0.647. The van der Waals surface area contributed by atoms with Crippen LogP contribution in [-0.2, 0) is 0 Å². The lowest BCUT2D eigenvalue weighted by Crippen LogP contribution is -1.87. The fourth-order valence-corrected chi connectivity index (χ4v) is 0.647. The van der Waals surface area contributed by atoms with Gasteiger partial charge in [0, 0.05) is 0 Å². The summed E-state index contributed by atoms with van der Waals surface area (Å²) < 4.78 is 24.9. The van der Waals surface area contributed by atoms with Crippen molar-refractivity contribution in [2.45, 2.75) is 0 Å². The molecule has 0 spiro atoms. The normalized spacial score (nSPS) is 9.18. The Balaban J connectivity index is 3.44. The highest BCUT2D eigenvalue weighted by atomic mass is 19.1. The van der Waals surface area contributed by atoms with E-state index in [0.29, 0.717) is 0 Å². The lowest BCUT2D eigenvalue weighted by Gasteiger charge is -1.96. The minimum atomic E-state index is -0.997. The average molecular weight is 155 g/mol. The summed E-state index contributed by atoms with van der Waals surface area (Å²) in [5.74, 6) is -2.86. The summed E-state index contributed by atoms with van der Waals surface area (Å²) in [6.45, 7) is 0. The highest BCUT2D eigenvalue weighted by Crippen LogP contribution is 2.22. The summed E-state index contributed by atoms with van der Waals surface area (Å²) in [4.78, 5) is 0. The summed E-state index contributed by atoms with van der Waals surface area (Å²) in [6, 6.07) is 2.88. The summed E-state index contributed by atoms with van der Waals surface area (Å²) in [6.07, 6.45) is 0. The van der Waals surface area contributed by atoms with E-state index in [4.69, 9.17) is 10.4 Å². The van der Waals surface area contributed by atoms with E-state index in [9.17, 15) is 8.78 Å². The van der Waals surface area contributed by atoms with Gasteiger partial charge in [0.15, 0.2) is 11.6 Å². The van der Waals surface area contributed by atoms with Crippen LogP contribution in [0.5, 0.6) is 5.75 Å². The molecule has 56 valence electrons. The van der Waals surface area contributed by atoms with Crippen LogP contribution in [0.4, 0.5) is 8.78 Å². The zero-order valence-corrected chi connectivity index (χ0v) is 5.31. The second kappa shape index (κ2) is 2.54. The van der Waals surface area contributed by atoms with Gasteiger partial charge in [-0.2, -0.15) is 5.26 Å².